The van der Waals surface area contributed by atoms with Gasteiger partial charge in [-0.3, -0.25) is 4.79 Å². The summed E-state index contributed by atoms with van der Waals surface area (Å²) >= 11 is 0. The maximum Gasteiger partial charge on any atom is 0.220 e. The molecule has 0 spiro atoms. The summed E-state index contributed by atoms with van der Waals surface area (Å²) < 4.78 is 11.3. The number of aliphatic hydroxyl groups is 5. The molecule has 9 nitrogen and oxygen atoms in total. The number of hydrogen-bond donors (Lipinski definition) is 6. The first-order chi connectivity index (χ1) is 34.3. The van der Waals surface area contributed by atoms with Crippen LogP contribution in [0.25, 0.3) is 0 Å². The lowest BCUT2D eigenvalue weighted by atomic mass is 9.99. The number of rotatable bonds is 54. The van der Waals surface area contributed by atoms with Gasteiger partial charge in [0, 0.05) is 6.42 Å². The van der Waals surface area contributed by atoms with Gasteiger partial charge in [0.2, 0.25) is 5.91 Å². The minimum Gasteiger partial charge on any atom is -0.394 e. The highest BCUT2D eigenvalue weighted by Crippen LogP contribution is 2.23. The first-order valence-electron chi connectivity index (χ1n) is 30.9. The Morgan fingerprint density at radius 3 is 1.16 bits per heavy atom. The van der Waals surface area contributed by atoms with Gasteiger partial charge in [-0.2, -0.15) is 0 Å². The zero-order valence-corrected chi connectivity index (χ0v) is 46.3. The number of carbonyl (C=O) groups excluding carboxylic acids is 1. The number of allylic oxidation sites excluding steroid dienone is 2. The summed E-state index contributed by atoms with van der Waals surface area (Å²) in [5, 5.41) is 54.7. The number of carbonyl (C=O) groups is 1. The molecule has 7 atom stereocenters. The number of aliphatic hydroxyl groups excluding tert-OH is 5. The van der Waals surface area contributed by atoms with Crippen LogP contribution in [-0.2, 0) is 14.3 Å². The number of nitrogens with one attached hydrogen (secondary N) is 1. The van der Waals surface area contributed by atoms with Gasteiger partial charge in [0.15, 0.2) is 6.29 Å². The van der Waals surface area contributed by atoms with Gasteiger partial charge in [0.25, 0.3) is 0 Å². The van der Waals surface area contributed by atoms with Crippen molar-refractivity contribution in [3.8, 4) is 0 Å². The Balaban J connectivity index is 2.15. The average molecular weight is 995 g/mol. The van der Waals surface area contributed by atoms with E-state index >= 15 is 0 Å². The quantitative estimate of drug-likeness (QED) is 0.0261. The third-order valence-electron chi connectivity index (χ3n) is 15.1. The molecule has 0 aromatic heterocycles. The number of unbranched alkanes of at least 4 members (excludes halogenated alkanes) is 42. The first kappa shape index (κ1) is 66.9. The fraction of sp³-hybridized carbons (Fsp3) is 0.951. The molecule has 416 valence electrons. The molecule has 0 aromatic carbocycles. The van der Waals surface area contributed by atoms with Crippen molar-refractivity contribution in [2.75, 3.05) is 13.2 Å². The molecule has 70 heavy (non-hydrogen) atoms. The summed E-state index contributed by atoms with van der Waals surface area (Å²) in [6.45, 7) is 3.89. The number of hydrogen-bond acceptors (Lipinski definition) is 8. The van der Waals surface area contributed by atoms with Gasteiger partial charge in [-0.15, -0.1) is 0 Å². The van der Waals surface area contributed by atoms with E-state index in [1.54, 1.807) is 0 Å². The Bertz CT molecular complexity index is 1110. The second kappa shape index (κ2) is 51.4. The van der Waals surface area contributed by atoms with Gasteiger partial charge in [-0.05, 0) is 38.5 Å². The second-order valence-electron chi connectivity index (χ2n) is 21.9. The fourth-order valence-electron chi connectivity index (χ4n) is 10.2. The lowest BCUT2D eigenvalue weighted by Crippen LogP contribution is -2.60. The average Bonchev–Trinajstić information content (AvgIpc) is 3.36. The van der Waals surface area contributed by atoms with E-state index in [2.05, 4.69) is 31.3 Å². The Labute approximate surface area is 433 Å². The molecule has 7 unspecified atom stereocenters. The van der Waals surface area contributed by atoms with Crippen LogP contribution in [0, 0.1) is 0 Å². The minimum absolute atomic E-state index is 0.133. The van der Waals surface area contributed by atoms with Crippen LogP contribution in [0.2, 0.25) is 0 Å². The highest BCUT2D eigenvalue weighted by molar-refractivity contribution is 5.76. The second-order valence-corrected chi connectivity index (χ2v) is 21.9. The monoisotopic (exact) mass is 994 g/mol. The van der Waals surface area contributed by atoms with Crippen LogP contribution in [0.4, 0.5) is 0 Å². The molecule has 0 radical (unpaired) electrons. The van der Waals surface area contributed by atoms with E-state index in [4.69, 9.17) is 9.47 Å². The molecule has 1 heterocycles. The third-order valence-corrected chi connectivity index (χ3v) is 15.1. The maximum atomic E-state index is 13.1. The smallest absolute Gasteiger partial charge is 0.220 e. The first-order valence-corrected chi connectivity index (χ1v) is 30.9. The van der Waals surface area contributed by atoms with Crippen molar-refractivity contribution in [2.24, 2.45) is 0 Å². The van der Waals surface area contributed by atoms with Crippen molar-refractivity contribution in [2.45, 2.75) is 358 Å². The van der Waals surface area contributed by atoms with Gasteiger partial charge in [-0.1, -0.05) is 283 Å². The maximum absolute atomic E-state index is 13.1. The fourth-order valence-corrected chi connectivity index (χ4v) is 10.2. The Morgan fingerprint density at radius 2 is 0.800 bits per heavy atom. The van der Waals surface area contributed by atoms with E-state index in [0.717, 1.165) is 38.5 Å². The molecule has 1 amide bonds. The summed E-state index contributed by atoms with van der Waals surface area (Å²) in [7, 11) is 0. The molecule has 1 aliphatic heterocycles. The van der Waals surface area contributed by atoms with Gasteiger partial charge >= 0.3 is 0 Å². The van der Waals surface area contributed by atoms with Gasteiger partial charge in [-0.25, -0.2) is 0 Å². The molecular weight excluding hydrogens is 875 g/mol. The van der Waals surface area contributed by atoms with Gasteiger partial charge in [0.1, 0.15) is 24.4 Å². The molecule has 0 bridgehead atoms. The summed E-state index contributed by atoms with van der Waals surface area (Å²) in [5.41, 5.74) is 0. The molecule has 9 heteroatoms. The summed E-state index contributed by atoms with van der Waals surface area (Å²) in [6.07, 6.45) is 56.8. The molecule has 1 rings (SSSR count). The van der Waals surface area contributed by atoms with E-state index in [-0.39, 0.29) is 12.5 Å². The SMILES string of the molecule is CCCCCCCCCCCCCC/C=C\CCCCCCCCCCCCCCC(=O)NC(COC1OC(CO)C(O)C(O)C1O)C(O)CCCCCCCCCCCCCCCCCCCCC. The van der Waals surface area contributed by atoms with Crippen LogP contribution in [-0.4, -0.2) is 87.5 Å². The summed E-state index contributed by atoms with van der Waals surface area (Å²) in [6, 6.07) is -0.717. The minimum atomic E-state index is -1.55. The zero-order valence-electron chi connectivity index (χ0n) is 46.3. The van der Waals surface area contributed by atoms with E-state index in [1.165, 1.54) is 250 Å². The molecule has 0 aromatic rings. The lowest BCUT2D eigenvalue weighted by molar-refractivity contribution is -0.302. The Kier molecular flexibility index (Phi) is 49.2. The van der Waals surface area contributed by atoms with Gasteiger partial charge < -0.3 is 40.3 Å². The van der Waals surface area contributed by atoms with E-state index < -0.39 is 49.5 Å². The highest BCUT2D eigenvalue weighted by atomic mass is 16.7. The van der Waals surface area contributed by atoms with Crippen LogP contribution < -0.4 is 5.32 Å². The zero-order chi connectivity index (χ0) is 50.8. The van der Waals surface area contributed by atoms with E-state index in [0.29, 0.717) is 12.8 Å². The predicted molar refractivity (Wildman–Crippen MR) is 295 cm³/mol. The van der Waals surface area contributed by atoms with Crippen molar-refractivity contribution >= 4 is 5.91 Å². The van der Waals surface area contributed by atoms with E-state index in [9.17, 15) is 30.3 Å². The van der Waals surface area contributed by atoms with Crippen molar-refractivity contribution in [3.05, 3.63) is 12.2 Å². The lowest BCUT2D eigenvalue weighted by Gasteiger charge is -2.40. The predicted octanol–water partition coefficient (Wildman–Crippen LogP) is 15.6. The summed E-state index contributed by atoms with van der Waals surface area (Å²) in [4.78, 5) is 13.1. The normalized spacial score (nSPS) is 19.3. The molecule has 6 N–H and O–H groups in total. The van der Waals surface area contributed by atoms with Gasteiger partial charge in [0.05, 0.1) is 25.4 Å². The van der Waals surface area contributed by atoms with Crippen LogP contribution in [0.3, 0.4) is 0 Å². The topological polar surface area (TPSA) is 149 Å². The molecule has 0 saturated carbocycles. The number of ether oxygens (including phenoxy) is 2. The van der Waals surface area contributed by atoms with E-state index in [1.807, 2.05) is 0 Å². The summed E-state index contributed by atoms with van der Waals surface area (Å²) in [5.74, 6) is -0.138. The van der Waals surface area contributed by atoms with Crippen molar-refractivity contribution in [3.63, 3.8) is 0 Å². The standard InChI is InChI=1S/C61H119NO8/c1-3-5-7-9-11-13-15-17-19-21-23-24-25-26-27-28-29-30-31-33-35-37-39-41-43-45-47-49-51-57(65)62-54(53-69-61-60(68)59(67)58(66)56(52-63)70-61)55(64)50-48-46-44-42-40-38-36-34-32-22-20-18-16-14-12-10-8-6-4-2/h26-27,54-56,58-61,63-64,66-68H,3-25,28-53H2,1-2H3,(H,62,65)/b27-26-. The Morgan fingerprint density at radius 1 is 0.471 bits per heavy atom. The van der Waals surface area contributed by atoms with Crippen molar-refractivity contribution in [1.29, 1.82) is 0 Å². The molecular formula is C61H119NO8. The van der Waals surface area contributed by atoms with Crippen molar-refractivity contribution < 1.29 is 39.8 Å². The van der Waals surface area contributed by atoms with Crippen molar-refractivity contribution in [1.82, 2.24) is 5.32 Å². The van der Waals surface area contributed by atoms with Crippen LogP contribution in [0.1, 0.15) is 316 Å². The molecule has 1 saturated heterocycles. The third kappa shape index (κ3) is 40.3. The van der Waals surface area contributed by atoms with Crippen LogP contribution in [0.5, 0.6) is 0 Å². The Hall–Kier alpha value is -1.07. The molecule has 1 fully saturated rings. The largest absolute Gasteiger partial charge is 0.394 e. The molecule has 0 aliphatic carbocycles. The molecule has 1 aliphatic rings. The van der Waals surface area contributed by atoms with Crippen LogP contribution in [0.15, 0.2) is 12.2 Å². The number of amides is 1. The highest BCUT2D eigenvalue weighted by Gasteiger charge is 2.44. The van der Waals surface area contributed by atoms with Crippen LogP contribution >= 0.6 is 0 Å².